The summed E-state index contributed by atoms with van der Waals surface area (Å²) in [7, 11) is 0. The average Bonchev–Trinajstić information content (AvgIpc) is 3.34. The second-order valence-corrected chi connectivity index (χ2v) is 9.36. The highest BCUT2D eigenvalue weighted by Gasteiger charge is 2.34. The topological polar surface area (TPSA) is 33.5 Å². The molecular weight excluding hydrogens is 469 g/mol. The van der Waals surface area contributed by atoms with Crippen LogP contribution in [0.1, 0.15) is 5.76 Å². The molecule has 1 saturated heterocycles. The molecule has 31 heavy (non-hydrogen) atoms. The van der Waals surface area contributed by atoms with Crippen LogP contribution in [0, 0.1) is 0 Å². The van der Waals surface area contributed by atoms with E-state index in [0.717, 1.165) is 16.5 Å². The molecule has 0 atom stereocenters. The normalized spacial score (nSPS) is 15.4. The smallest absolute Gasteiger partial charge is 0.270 e. The monoisotopic (exact) mass is 481 g/mol. The Morgan fingerprint density at radius 1 is 0.968 bits per heavy atom. The minimum atomic E-state index is -0.176. The van der Waals surface area contributed by atoms with Crippen molar-refractivity contribution in [3.8, 4) is 11.3 Å². The fraction of sp³-hybridized carbons (Fsp3) is 0. The van der Waals surface area contributed by atoms with Crippen LogP contribution in [0.2, 0.25) is 10.0 Å². The van der Waals surface area contributed by atoms with Gasteiger partial charge in [-0.1, -0.05) is 83.6 Å². The van der Waals surface area contributed by atoms with Gasteiger partial charge in [0.1, 0.15) is 11.5 Å². The van der Waals surface area contributed by atoms with E-state index < -0.39 is 0 Å². The number of fused-ring (bicyclic) bond motifs is 1. The van der Waals surface area contributed by atoms with Crippen LogP contribution in [0.4, 0.5) is 5.69 Å². The molecule has 4 aromatic rings. The standard InChI is InChI=1S/C24H13Cl2NO2S2/c25-15-8-10-19(26)18(12-15)21-11-9-16(29-21)13-22-23(28)27(24(30)31-22)20-7-3-5-14-4-1-2-6-17(14)20/h1-13H/b22-13-. The van der Waals surface area contributed by atoms with E-state index in [9.17, 15) is 4.79 Å². The van der Waals surface area contributed by atoms with E-state index in [1.54, 1.807) is 41.3 Å². The maximum Gasteiger partial charge on any atom is 0.270 e. The molecule has 2 heterocycles. The van der Waals surface area contributed by atoms with Crippen molar-refractivity contribution in [2.75, 3.05) is 4.90 Å². The molecule has 0 radical (unpaired) electrons. The molecule has 152 valence electrons. The number of anilines is 1. The first-order valence-electron chi connectivity index (χ1n) is 9.32. The lowest BCUT2D eigenvalue weighted by atomic mass is 10.1. The third-order valence-electron chi connectivity index (χ3n) is 4.90. The van der Waals surface area contributed by atoms with Crippen molar-refractivity contribution < 1.29 is 9.21 Å². The van der Waals surface area contributed by atoms with Gasteiger partial charge in [0.05, 0.1) is 15.6 Å². The Morgan fingerprint density at radius 2 is 1.77 bits per heavy atom. The van der Waals surface area contributed by atoms with Crippen molar-refractivity contribution in [2.45, 2.75) is 0 Å². The summed E-state index contributed by atoms with van der Waals surface area (Å²) in [6, 6.07) is 22.5. The van der Waals surface area contributed by atoms with Gasteiger partial charge in [-0.15, -0.1) is 0 Å². The highest BCUT2D eigenvalue weighted by Crippen LogP contribution is 2.39. The van der Waals surface area contributed by atoms with E-state index in [4.69, 9.17) is 39.8 Å². The van der Waals surface area contributed by atoms with E-state index in [0.29, 0.717) is 36.4 Å². The number of carbonyl (C=O) groups excluding carboxylic acids is 1. The van der Waals surface area contributed by atoms with Gasteiger partial charge in [0.2, 0.25) is 0 Å². The largest absolute Gasteiger partial charge is 0.457 e. The number of hydrogen-bond acceptors (Lipinski definition) is 4. The predicted molar refractivity (Wildman–Crippen MR) is 134 cm³/mol. The second-order valence-electron chi connectivity index (χ2n) is 6.84. The molecule has 1 amide bonds. The maximum absolute atomic E-state index is 13.2. The van der Waals surface area contributed by atoms with Crippen LogP contribution in [-0.2, 0) is 4.79 Å². The van der Waals surface area contributed by atoms with Crippen molar-refractivity contribution in [1.82, 2.24) is 0 Å². The van der Waals surface area contributed by atoms with Gasteiger partial charge < -0.3 is 4.42 Å². The van der Waals surface area contributed by atoms with Gasteiger partial charge in [0, 0.05) is 22.0 Å². The summed E-state index contributed by atoms with van der Waals surface area (Å²) in [6.45, 7) is 0. The fourth-order valence-corrected chi connectivity index (χ4v) is 5.12. The average molecular weight is 482 g/mol. The van der Waals surface area contributed by atoms with Crippen LogP contribution >= 0.6 is 47.2 Å². The van der Waals surface area contributed by atoms with E-state index in [2.05, 4.69) is 0 Å². The van der Waals surface area contributed by atoms with E-state index >= 15 is 0 Å². The molecule has 1 aliphatic rings. The Bertz CT molecular complexity index is 1390. The molecule has 7 heteroatoms. The van der Waals surface area contributed by atoms with Crippen molar-refractivity contribution in [3.63, 3.8) is 0 Å². The lowest BCUT2D eigenvalue weighted by molar-refractivity contribution is -0.113. The number of rotatable bonds is 3. The van der Waals surface area contributed by atoms with Crippen molar-refractivity contribution >= 4 is 79.9 Å². The Hall–Kier alpha value is -2.57. The number of carbonyl (C=O) groups is 1. The molecule has 3 aromatic carbocycles. The number of furan rings is 1. The highest BCUT2D eigenvalue weighted by atomic mass is 35.5. The molecular formula is C24H13Cl2NO2S2. The van der Waals surface area contributed by atoms with Crippen LogP contribution in [0.5, 0.6) is 0 Å². The number of hydrogen-bond donors (Lipinski definition) is 0. The quantitative estimate of drug-likeness (QED) is 0.220. The minimum Gasteiger partial charge on any atom is -0.457 e. The van der Waals surface area contributed by atoms with Gasteiger partial charge in [-0.3, -0.25) is 9.69 Å². The molecule has 0 bridgehead atoms. The summed E-state index contributed by atoms with van der Waals surface area (Å²) in [4.78, 5) is 15.3. The van der Waals surface area contributed by atoms with E-state index in [1.165, 1.54) is 11.8 Å². The molecule has 0 N–H and O–H groups in total. The summed E-state index contributed by atoms with van der Waals surface area (Å²) < 4.78 is 6.40. The Morgan fingerprint density at radius 3 is 2.65 bits per heavy atom. The van der Waals surface area contributed by atoms with Crippen LogP contribution in [0.25, 0.3) is 28.2 Å². The first-order chi connectivity index (χ1) is 15.0. The van der Waals surface area contributed by atoms with Crippen LogP contribution < -0.4 is 4.90 Å². The molecule has 0 saturated carbocycles. The minimum absolute atomic E-state index is 0.176. The molecule has 0 spiro atoms. The lowest BCUT2D eigenvalue weighted by Gasteiger charge is -2.17. The number of benzene rings is 3. The van der Waals surface area contributed by atoms with Crippen molar-refractivity contribution in [2.24, 2.45) is 0 Å². The molecule has 5 rings (SSSR count). The number of nitrogens with zero attached hydrogens (tertiary/aromatic N) is 1. The van der Waals surface area contributed by atoms with Gasteiger partial charge in [-0.25, -0.2) is 0 Å². The van der Waals surface area contributed by atoms with Gasteiger partial charge in [-0.05, 0) is 41.8 Å². The molecule has 0 aliphatic carbocycles. The maximum atomic E-state index is 13.2. The van der Waals surface area contributed by atoms with Gasteiger partial charge >= 0.3 is 0 Å². The number of thioether (sulfide) groups is 1. The highest BCUT2D eigenvalue weighted by molar-refractivity contribution is 8.27. The third kappa shape index (κ3) is 3.79. The zero-order chi connectivity index (χ0) is 21.5. The van der Waals surface area contributed by atoms with Crippen LogP contribution in [-0.4, -0.2) is 10.2 Å². The lowest BCUT2D eigenvalue weighted by Crippen LogP contribution is -2.27. The molecule has 1 fully saturated rings. The van der Waals surface area contributed by atoms with Crippen LogP contribution in [0.15, 0.2) is 82.1 Å². The van der Waals surface area contributed by atoms with E-state index in [1.807, 2.05) is 42.5 Å². The summed E-state index contributed by atoms with van der Waals surface area (Å²) >= 11 is 19.1. The van der Waals surface area contributed by atoms with E-state index in [-0.39, 0.29) is 5.91 Å². The van der Waals surface area contributed by atoms with Gasteiger partial charge in [0.25, 0.3) is 5.91 Å². The fourth-order valence-electron chi connectivity index (χ4n) is 3.47. The van der Waals surface area contributed by atoms with Crippen molar-refractivity contribution in [3.05, 3.63) is 93.5 Å². The third-order valence-corrected chi connectivity index (χ3v) is 6.76. The summed E-state index contributed by atoms with van der Waals surface area (Å²) in [6.07, 6.45) is 1.70. The zero-order valence-electron chi connectivity index (χ0n) is 15.8. The SMILES string of the molecule is O=C1/C(=C/c2ccc(-c3cc(Cl)ccc3Cl)o2)SC(=S)N1c1cccc2ccccc12. The first-order valence-corrected chi connectivity index (χ1v) is 11.3. The molecule has 3 nitrogen and oxygen atoms in total. The number of thiocarbonyl (C=S) groups is 1. The Labute approximate surface area is 198 Å². The molecule has 0 unspecified atom stereocenters. The summed E-state index contributed by atoms with van der Waals surface area (Å²) in [5.74, 6) is 0.929. The molecule has 1 aromatic heterocycles. The Kier molecular flexibility index (Phi) is 5.36. The molecule has 1 aliphatic heterocycles. The van der Waals surface area contributed by atoms with Gasteiger partial charge in [-0.2, -0.15) is 0 Å². The second kappa shape index (κ2) is 8.17. The zero-order valence-corrected chi connectivity index (χ0v) is 19.0. The first kappa shape index (κ1) is 20.3. The number of halogens is 2. The van der Waals surface area contributed by atoms with Crippen LogP contribution in [0.3, 0.4) is 0 Å². The summed E-state index contributed by atoms with van der Waals surface area (Å²) in [5, 5.41) is 3.12. The number of amides is 1. The Balaban J connectivity index is 1.49. The van der Waals surface area contributed by atoms with Crippen molar-refractivity contribution in [1.29, 1.82) is 0 Å². The summed E-state index contributed by atoms with van der Waals surface area (Å²) in [5.41, 5.74) is 1.46. The van der Waals surface area contributed by atoms with Gasteiger partial charge in [0.15, 0.2) is 4.32 Å². The predicted octanol–water partition coefficient (Wildman–Crippen LogP) is 7.81.